The molecule has 50 valence electrons. The van der Waals surface area contributed by atoms with Crippen LogP contribution in [-0.2, 0) is 0 Å². The highest BCUT2D eigenvalue weighted by atomic mass is 32.2. The second-order valence-corrected chi connectivity index (χ2v) is 3.07. The standard InChI is InChI=1S/C6H14OS/c1-3-4-8-5-6(2)7/h6-7H,3-5H2,1-2H3. The summed E-state index contributed by atoms with van der Waals surface area (Å²) in [6, 6.07) is 0. The molecule has 0 rings (SSSR count). The molecule has 0 saturated carbocycles. The minimum Gasteiger partial charge on any atom is -0.393 e. The molecule has 0 radical (unpaired) electrons. The largest absolute Gasteiger partial charge is 0.393 e. The number of aliphatic hydroxyl groups excluding tert-OH is 1. The molecule has 1 N–H and O–H groups in total. The lowest BCUT2D eigenvalue weighted by Gasteiger charge is -2.00. The van der Waals surface area contributed by atoms with Crippen molar-refractivity contribution in [1.29, 1.82) is 0 Å². The van der Waals surface area contributed by atoms with Crippen LogP contribution in [0.5, 0.6) is 0 Å². The molecule has 8 heavy (non-hydrogen) atoms. The third-order valence-electron chi connectivity index (χ3n) is 0.708. The van der Waals surface area contributed by atoms with E-state index in [1.807, 2.05) is 18.7 Å². The summed E-state index contributed by atoms with van der Waals surface area (Å²) >= 11 is 1.81. The molecular weight excluding hydrogens is 120 g/mol. The minimum atomic E-state index is -0.133. The van der Waals surface area contributed by atoms with Gasteiger partial charge in [0.05, 0.1) is 6.10 Å². The second-order valence-electron chi connectivity index (χ2n) is 1.92. The fraction of sp³-hybridized carbons (Fsp3) is 1.00. The molecule has 0 fully saturated rings. The highest BCUT2D eigenvalue weighted by molar-refractivity contribution is 7.99. The van der Waals surface area contributed by atoms with E-state index in [1.54, 1.807) is 0 Å². The van der Waals surface area contributed by atoms with Crippen LogP contribution in [0, 0.1) is 0 Å². The van der Waals surface area contributed by atoms with Gasteiger partial charge in [0, 0.05) is 5.75 Å². The minimum absolute atomic E-state index is 0.133. The van der Waals surface area contributed by atoms with Crippen molar-refractivity contribution in [2.24, 2.45) is 0 Å². The van der Waals surface area contributed by atoms with Crippen molar-refractivity contribution in [3.63, 3.8) is 0 Å². The van der Waals surface area contributed by atoms with Crippen LogP contribution in [0.3, 0.4) is 0 Å². The van der Waals surface area contributed by atoms with Gasteiger partial charge in [0.25, 0.3) is 0 Å². The molecule has 0 aliphatic rings. The third kappa shape index (κ3) is 6.31. The first-order chi connectivity index (χ1) is 3.77. The molecular formula is C6H14OS. The normalized spacial score (nSPS) is 13.9. The lowest BCUT2D eigenvalue weighted by molar-refractivity contribution is 0.220. The van der Waals surface area contributed by atoms with Crippen molar-refractivity contribution >= 4 is 11.8 Å². The van der Waals surface area contributed by atoms with Gasteiger partial charge in [-0.05, 0) is 19.1 Å². The predicted molar refractivity (Wildman–Crippen MR) is 39.3 cm³/mol. The molecule has 0 saturated heterocycles. The number of rotatable bonds is 4. The summed E-state index contributed by atoms with van der Waals surface area (Å²) in [5, 5.41) is 8.76. The quantitative estimate of drug-likeness (QED) is 0.588. The van der Waals surface area contributed by atoms with Gasteiger partial charge < -0.3 is 5.11 Å². The molecule has 0 aliphatic heterocycles. The average Bonchev–Trinajstić information content (AvgIpc) is 1.66. The zero-order valence-electron chi connectivity index (χ0n) is 5.55. The van der Waals surface area contributed by atoms with Gasteiger partial charge in [-0.15, -0.1) is 0 Å². The number of hydrogen-bond donors (Lipinski definition) is 1. The summed E-state index contributed by atoms with van der Waals surface area (Å²) in [6.45, 7) is 3.97. The van der Waals surface area contributed by atoms with E-state index in [2.05, 4.69) is 6.92 Å². The predicted octanol–water partition coefficient (Wildman–Crippen LogP) is 1.51. The molecule has 0 aromatic heterocycles. The number of hydrogen-bond acceptors (Lipinski definition) is 2. The van der Waals surface area contributed by atoms with Gasteiger partial charge in [0.1, 0.15) is 0 Å². The topological polar surface area (TPSA) is 20.2 Å². The van der Waals surface area contributed by atoms with E-state index < -0.39 is 0 Å². The Morgan fingerprint density at radius 1 is 1.62 bits per heavy atom. The van der Waals surface area contributed by atoms with E-state index in [0.29, 0.717) is 0 Å². The Morgan fingerprint density at radius 2 is 2.25 bits per heavy atom. The Hall–Kier alpha value is 0.310. The first-order valence-electron chi connectivity index (χ1n) is 3.03. The Labute approximate surface area is 55.5 Å². The fourth-order valence-electron chi connectivity index (χ4n) is 0.398. The Bertz CT molecular complexity index is 45.8. The van der Waals surface area contributed by atoms with E-state index in [4.69, 9.17) is 5.11 Å². The van der Waals surface area contributed by atoms with Crippen LogP contribution in [0.2, 0.25) is 0 Å². The molecule has 0 heterocycles. The third-order valence-corrected chi connectivity index (χ3v) is 2.12. The van der Waals surface area contributed by atoms with E-state index in [1.165, 1.54) is 12.2 Å². The van der Waals surface area contributed by atoms with Gasteiger partial charge in [-0.2, -0.15) is 11.8 Å². The van der Waals surface area contributed by atoms with E-state index in [0.717, 1.165) is 5.75 Å². The highest BCUT2D eigenvalue weighted by Gasteiger charge is 1.92. The van der Waals surface area contributed by atoms with Crippen molar-refractivity contribution in [2.75, 3.05) is 11.5 Å². The van der Waals surface area contributed by atoms with Crippen molar-refractivity contribution in [2.45, 2.75) is 26.4 Å². The molecule has 1 nitrogen and oxygen atoms in total. The summed E-state index contributed by atoms with van der Waals surface area (Å²) in [6.07, 6.45) is 1.07. The van der Waals surface area contributed by atoms with Crippen LogP contribution >= 0.6 is 11.8 Å². The van der Waals surface area contributed by atoms with Crippen molar-refractivity contribution in [1.82, 2.24) is 0 Å². The molecule has 1 unspecified atom stereocenters. The molecule has 2 heteroatoms. The summed E-state index contributed by atoms with van der Waals surface area (Å²) in [7, 11) is 0. The molecule has 0 aromatic rings. The van der Waals surface area contributed by atoms with Crippen LogP contribution in [0.1, 0.15) is 20.3 Å². The second kappa shape index (κ2) is 5.45. The number of thioether (sulfide) groups is 1. The van der Waals surface area contributed by atoms with Gasteiger partial charge in [-0.1, -0.05) is 6.92 Å². The fourth-order valence-corrected chi connectivity index (χ4v) is 1.19. The first kappa shape index (κ1) is 8.31. The molecule has 1 atom stereocenters. The van der Waals surface area contributed by atoms with E-state index in [9.17, 15) is 0 Å². The van der Waals surface area contributed by atoms with Gasteiger partial charge in [-0.25, -0.2) is 0 Å². The van der Waals surface area contributed by atoms with Gasteiger partial charge in [-0.3, -0.25) is 0 Å². The Kier molecular flexibility index (Phi) is 5.66. The van der Waals surface area contributed by atoms with Gasteiger partial charge >= 0.3 is 0 Å². The van der Waals surface area contributed by atoms with Crippen LogP contribution in [0.15, 0.2) is 0 Å². The Balaban J connectivity index is 2.72. The molecule has 0 spiro atoms. The maximum atomic E-state index is 8.76. The maximum Gasteiger partial charge on any atom is 0.0602 e. The zero-order valence-corrected chi connectivity index (χ0v) is 6.37. The van der Waals surface area contributed by atoms with Gasteiger partial charge in [0.2, 0.25) is 0 Å². The maximum absolute atomic E-state index is 8.76. The highest BCUT2D eigenvalue weighted by Crippen LogP contribution is 2.03. The smallest absolute Gasteiger partial charge is 0.0602 e. The van der Waals surface area contributed by atoms with Crippen LogP contribution < -0.4 is 0 Å². The van der Waals surface area contributed by atoms with Crippen molar-refractivity contribution in [3.8, 4) is 0 Å². The summed E-state index contributed by atoms with van der Waals surface area (Å²) in [5.74, 6) is 2.05. The SMILES string of the molecule is CCCSCC(C)O. The number of aliphatic hydroxyl groups is 1. The molecule has 0 aliphatic carbocycles. The van der Waals surface area contributed by atoms with Crippen molar-refractivity contribution < 1.29 is 5.11 Å². The molecule has 0 aromatic carbocycles. The zero-order chi connectivity index (χ0) is 6.41. The van der Waals surface area contributed by atoms with Gasteiger partial charge in [0.15, 0.2) is 0 Å². The monoisotopic (exact) mass is 134 g/mol. The molecule has 0 bridgehead atoms. The molecule has 0 amide bonds. The summed E-state index contributed by atoms with van der Waals surface area (Å²) in [5.41, 5.74) is 0. The summed E-state index contributed by atoms with van der Waals surface area (Å²) in [4.78, 5) is 0. The average molecular weight is 134 g/mol. The van der Waals surface area contributed by atoms with E-state index >= 15 is 0 Å². The van der Waals surface area contributed by atoms with Crippen LogP contribution in [-0.4, -0.2) is 22.7 Å². The van der Waals surface area contributed by atoms with E-state index in [-0.39, 0.29) is 6.10 Å². The van der Waals surface area contributed by atoms with Crippen molar-refractivity contribution in [3.05, 3.63) is 0 Å². The summed E-state index contributed by atoms with van der Waals surface area (Å²) < 4.78 is 0. The lowest BCUT2D eigenvalue weighted by atomic mass is 10.5. The lowest BCUT2D eigenvalue weighted by Crippen LogP contribution is -2.02. The first-order valence-corrected chi connectivity index (χ1v) is 4.18. The van der Waals surface area contributed by atoms with Crippen LogP contribution in [0.25, 0.3) is 0 Å². The van der Waals surface area contributed by atoms with Crippen LogP contribution in [0.4, 0.5) is 0 Å². The Morgan fingerprint density at radius 3 is 2.62 bits per heavy atom.